The Hall–Kier alpha value is -0.580. The molecule has 0 aromatic carbocycles. The Balaban J connectivity index is 2.27. The Morgan fingerprint density at radius 3 is 1.50 bits per heavy atom. The summed E-state index contributed by atoms with van der Waals surface area (Å²) in [7, 11) is -4.99. The summed E-state index contributed by atoms with van der Waals surface area (Å²) < 4.78 is 24.9. The van der Waals surface area contributed by atoms with Crippen LogP contribution < -0.4 is 0 Å². The van der Waals surface area contributed by atoms with Crippen molar-refractivity contribution in [3.8, 4) is 0 Å². The van der Waals surface area contributed by atoms with Crippen LogP contribution in [0.2, 0.25) is 0 Å². The van der Waals surface area contributed by atoms with E-state index in [0.717, 1.165) is 12.8 Å². The molecule has 0 bridgehead atoms. The van der Waals surface area contributed by atoms with Crippen LogP contribution in [0.4, 0.5) is 0 Å². The minimum Gasteiger partial charge on any atom is -0.314 e. The fourth-order valence-corrected chi connectivity index (χ4v) is 7.19. The van der Waals surface area contributed by atoms with Gasteiger partial charge in [-0.2, -0.15) is 0 Å². The van der Waals surface area contributed by atoms with Crippen molar-refractivity contribution in [1.82, 2.24) is 0 Å². The molecule has 16 heavy (non-hydrogen) atoms. The maximum absolute atomic E-state index is 12.5. The highest BCUT2D eigenvalue weighted by atomic mass is 31.2. The third-order valence-corrected chi connectivity index (χ3v) is 8.97. The molecule has 2 atom stereocenters. The molecule has 0 N–H and O–H groups in total. The summed E-state index contributed by atoms with van der Waals surface area (Å²) in [6, 6.07) is 0. The van der Waals surface area contributed by atoms with Gasteiger partial charge >= 0.3 is 0 Å². The Morgan fingerprint density at radius 1 is 0.875 bits per heavy atom. The number of allylic oxidation sites excluding steroid dienone is 4. The summed E-state index contributed by atoms with van der Waals surface area (Å²) in [4.78, 5) is 0. The van der Waals surface area contributed by atoms with Gasteiger partial charge in [0, 0.05) is 23.0 Å². The van der Waals surface area contributed by atoms with E-state index in [1.54, 1.807) is 11.6 Å². The Bertz CT molecular complexity index is 451. The van der Waals surface area contributed by atoms with Crippen LogP contribution in [0.1, 0.15) is 12.8 Å². The average Bonchev–Trinajstić information content (AvgIpc) is 2.87. The lowest BCUT2D eigenvalue weighted by Crippen LogP contribution is -1.92. The molecule has 0 aliphatic carbocycles. The molecule has 0 fully saturated rings. The van der Waals surface area contributed by atoms with Gasteiger partial charge in [0.2, 0.25) is 0 Å². The highest BCUT2D eigenvalue weighted by Gasteiger charge is 2.35. The maximum atomic E-state index is 12.5. The second-order valence-corrected chi connectivity index (χ2v) is 10.0. The number of rotatable bonds is 3. The van der Waals surface area contributed by atoms with Crippen molar-refractivity contribution in [1.29, 1.82) is 0 Å². The van der Waals surface area contributed by atoms with Gasteiger partial charge in [-0.1, -0.05) is 25.3 Å². The zero-order chi connectivity index (χ0) is 11.8. The van der Waals surface area contributed by atoms with Crippen LogP contribution in [0, 0.1) is 0 Å². The highest BCUT2D eigenvalue weighted by molar-refractivity contribution is 7.77. The Labute approximate surface area is 96.6 Å². The molecule has 0 saturated heterocycles. The molecule has 0 saturated carbocycles. The molecular formula is C12H16O2P2. The summed E-state index contributed by atoms with van der Waals surface area (Å²) in [6.07, 6.45) is 6.72. The third kappa shape index (κ3) is 1.85. The molecule has 86 valence electrons. The smallest absolute Gasteiger partial charge is 0.136 e. The molecule has 0 radical (unpaired) electrons. The van der Waals surface area contributed by atoms with Crippen molar-refractivity contribution in [3.05, 3.63) is 47.6 Å². The lowest BCUT2D eigenvalue weighted by molar-refractivity contribution is 0.582. The summed E-state index contributed by atoms with van der Waals surface area (Å²) in [5.74, 6) is 3.49. The van der Waals surface area contributed by atoms with Gasteiger partial charge in [-0.25, -0.2) is 0 Å². The van der Waals surface area contributed by atoms with Crippen LogP contribution in [0.3, 0.4) is 0 Å². The molecule has 2 unspecified atom stereocenters. The molecular weight excluding hydrogens is 238 g/mol. The fourth-order valence-electron chi connectivity index (χ4n) is 2.06. The van der Waals surface area contributed by atoms with Crippen LogP contribution >= 0.6 is 14.3 Å². The lowest BCUT2D eigenvalue weighted by Gasteiger charge is -2.19. The van der Waals surface area contributed by atoms with Crippen molar-refractivity contribution in [2.75, 3.05) is 12.3 Å². The fraction of sp³-hybridized carbons (Fsp3) is 0.333. The second kappa shape index (κ2) is 4.02. The van der Waals surface area contributed by atoms with E-state index < -0.39 is 14.3 Å². The van der Waals surface area contributed by atoms with Crippen LogP contribution in [-0.4, -0.2) is 12.3 Å². The first-order valence-corrected chi connectivity index (χ1v) is 9.32. The van der Waals surface area contributed by atoms with Crippen molar-refractivity contribution >= 4 is 14.3 Å². The molecule has 2 aliphatic rings. The zero-order valence-corrected chi connectivity index (χ0v) is 11.1. The number of hydrogen-bond acceptors (Lipinski definition) is 2. The summed E-state index contributed by atoms with van der Waals surface area (Å²) >= 11 is 0. The van der Waals surface area contributed by atoms with E-state index in [1.807, 2.05) is 12.2 Å². The van der Waals surface area contributed by atoms with E-state index >= 15 is 0 Å². The van der Waals surface area contributed by atoms with Crippen molar-refractivity contribution in [3.63, 3.8) is 0 Å². The van der Waals surface area contributed by atoms with Gasteiger partial charge in [0.25, 0.3) is 0 Å². The van der Waals surface area contributed by atoms with E-state index in [9.17, 15) is 9.13 Å². The molecule has 2 aliphatic heterocycles. The van der Waals surface area contributed by atoms with Gasteiger partial charge < -0.3 is 9.13 Å². The minimum absolute atomic E-state index is 0.524. The van der Waals surface area contributed by atoms with Crippen LogP contribution in [-0.2, 0) is 9.13 Å². The average molecular weight is 254 g/mol. The third-order valence-electron chi connectivity index (χ3n) is 3.20. The summed E-state index contributed by atoms with van der Waals surface area (Å²) in [5, 5.41) is 1.05. The highest BCUT2D eigenvalue weighted by Crippen LogP contribution is 2.69. The zero-order valence-electron chi connectivity index (χ0n) is 9.26. The lowest BCUT2D eigenvalue weighted by atomic mass is 10.5. The van der Waals surface area contributed by atoms with Gasteiger partial charge in [-0.3, -0.25) is 0 Å². The first kappa shape index (κ1) is 11.9. The maximum Gasteiger partial charge on any atom is 0.136 e. The van der Waals surface area contributed by atoms with Crippen molar-refractivity contribution in [2.45, 2.75) is 12.8 Å². The van der Waals surface area contributed by atoms with Crippen LogP contribution in [0.5, 0.6) is 0 Å². The van der Waals surface area contributed by atoms with Gasteiger partial charge in [0.05, 0.1) is 0 Å². The summed E-state index contributed by atoms with van der Waals surface area (Å²) in [5.41, 5.74) is 0. The predicted molar refractivity (Wildman–Crippen MR) is 70.7 cm³/mol. The molecule has 2 heterocycles. The SMILES string of the molecule is C=C(C(=C)P1(=O)C=CCC1)P1(=O)C=CCC1. The Morgan fingerprint density at radius 2 is 1.25 bits per heavy atom. The van der Waals surface area contributed by atoms with Crippen molar-refractivity contribution in [2.24, 2.45) is 0 Å². The van der Waals surface area contributed by atoms with E-state index in [0.29, 0.717) is 23.0 Å². The van der Waals surface area contributed by atoms with Gasteiger partial charge in [-0.15, -0.1) is 0 Å². The molecule has 0 aromatic heterocycles. The van der Waals surface area contributed by atoms with Gasteiger partial charge in [0.1, 0.15) is 14.3 Å². The normalized spacial score (nSPS) is 36.8. The topological polar surface area (TPSA) is 34.1 Å². The molecule has 2 rings (SSSR count). The van der Waals surface area contributed by atoms with Gasteiger partial charge in [-0.05, 0) is 24.5 Å². The minimum atomic E-state index is -2.49. The van der Waals surface area contributed by atoms with Gasteiger partial charge in [0.15, 0.2) is 0 Å². The standard InChI is InChI=1S/C12H16O2P2/c1-11(15(13)7-3-4-8-15)12(2)16(14)9-5-6-10-16/h3,5,7,9H,1-2,4,6,8,10H2. The van der Waals surface area contributed by atoms with Crippen LogP contribution in [0.15, 0.2) is 47.6 Å². The summed E-state index contributed by atoms with van der Waals surface area (Å²) in [6.45, 7) is 7.76. The van der Waals surface area contributed by atoms with E-state index in [-0.39, 0.29) is 0 Å². The first-order valence-electron chi connectivity index (χ1n) is 5.40. The molecule has 0 spiro atoms. The van der Waals surface area contributed by atoms with Crippen molar-refractivity contribution < 1.29 is 9.13 Å². The van der Waals surface area contributed by atoms with E-state index in [4.69, 9.17) is 0 Å². The second-order valence-electron chi connectivity index (χ2n) is 4.28. The largest absolute Gasteiger partial charge is 0.314 e. The molecule has 2 nitrogen and oxygen atoms in total. The quantitative estimate of drug-likeness (QED) is 0.546. The number of hydrogen-bond donors (Lipinski definition) is 0. The Kier molecular flexibility index (Phi) is 2.99. The molecule has 0 aromatic rings. The predicted octanol–water partition coefficient (Wildman–Crippen LogP) is 4.57. The van der Waals surface area contributed by atoms with E-state index in [1.165, 1.54) is 0 Å². The molecule has 4 heteroatoms. The monoisotopic (exact) mass is 254 g/mol. The molecule has 0 amide bonds. The van der Waals surface area contributed by atoms with E-state index in [2.05, 4.69) is 13.2 Å². The van der Waals surface area contributed by atoms with Crippen LogP contribution in [0.25, 0.3) is 0 Å². The first-order chi connectivity index (χ1) is 7.48.